The molecular weight excluding hydrogens is 330 g/mol. The van der Waals surface area contributed by atoms with E-state index >= 15 is 0 Å². The zero-order chi connectivity index (χ0) is 19.3. The predicted molar refractivity (Wildman–Crippen MR) is 103 cm³/mol. The fraction of sp³-hybridized carbons (Fsp3) is 0.250. The number of nitrogens with one attached hydrogen (secondary N) is 2. The lowest BCUT2D eigenvalue weighted by Crippen LogP contribution is -2.36. The van der Waals surface area contributed by atoms with Crippen molar-refractivity contribution in [2.45, 2.75) is 27.7 Å². The van der Waals surface area contributed by atoms with Crippen LogP contribution in [0.3, 0.4) is 0 Å². The fourth-order valence-electron chi connectivity index (χ4n) is 2.71. The summed E-state index contributed by atoms with van der Waals surface area (Å²) in [5.74, 6) is -0.720. The van der Waals surface area contributed by atoms with Gasteiger partial charge in [0.2, 0.25) is 17.7 Å². The Morgan fingerprint density at radius 1 is 0.885 bits per heavy atom. The number of hydrogen-bond donors (Lipinski definition) is 2. The van der Waals surface area contributed by atoms with E-state index in [0.717, 1.165) is 11.1 Å². The van der Waals surface area contributed by atoms with Crippen LogP contribution in [-0.4, -0.2) is 24.3 Å². The second-order valence-electron chi connectivity index (χ2n) is 6.26. The highest BCUT2D eigenvalue weighted by Gasteiger charge is 2.16. The van der Waals surface area contributed by atoms with E-state index in [1.807, 2.05) is 32.0 Å². The van der Waals surface area contributed by atoms with Gasteiger partial charge in [-0.25, -0.2) is 0 Å². The smallest absolute Gasteiger partial charge is 0.244 e. The van der Waals surface area contributed by atoms with Gasteiger partial charge in [0, 0.05) is 30.9 Å². The Kier molecular flexibility index (Phi) is 6.11. The van der Waals surface area contributed by atoms with Gasteiger partial charge in [0.05, 0.1) is 0 Å². The second kappa shape index (κ2) is 8.29. The van der Waals surface area contributed by atoms with Crippen molar-refractivity contribution >= 4 is 34.8 Å². The van der Waals surface area contributed by atoms with Gasteiger partial charge in [-0.15, -0.1) is 0 Å². The predicted octanol–water partition coefficient (Wildman–Crippen LogP) is 3.25. The lowest BCUT2D eigenvalue weighted by atomic mass is 10.1. The second-order valence-corrected chi connectivity index (χ2v) is 6.26. The molecule has 6 nitrogen and oxygen atoms in total. The molecule has 0 saturated heterocycles. The first-order chi connectivity index (χ1) is 12.2. The van der Waals surface area contributed by atoms with E-state index in [4.69, 9.17) is 0 Å². The van der Waals surface area contributed by atoms with Crippen LogP contribution in [0.4, 0.5) is 17.1 Å². The number of aryl methyl sites for hydroxylation is 2. The molecule has 0 bridgehead atoms. The first-order valence-corrected chi connectivity index (χ1v) is 8.28. The van der Waals surface area contributed by atoms with E-state index < -0.39 is 0 Å². The fourth-order valence-corrected chi connectivity index (χ4v) is 2.71. The minimum Gasteiger partial charge on any atom is -0.326 e. The highest BCUT2D eigenvalue weighted by atomic mass is 16.2. The van der Waals surface area contributed by atoms with Crippen LogP contribution < -0.4 is 15.5 Å². The molecule has 0 atom stereocenters. The first-order valence-electron chi connectivity index (χ1n) is 8.28. The number of benzene rings is 2. The summed E-state index contributed by atoms with van der Waals surface area (Å²) in [6.07, 6.45) is 0. The number of nitrogens with zero attached hydrogens (tertiary/aromatic N) is 1. The van der Waals surface area contributed by atoms with E-state index in [2.05, 4.69) is 10.6 Å². The molecule has 0 aliphatic heterocycles. The molecule has 6 heteroatoms. The largest absolute Gasteiger partial charge is 0.326 e. The van der Waals surface area contributed by atoms with Crippen LogP contribution in [0.5, 0.6) is 0 Å². The Morgan fingerprint density at radius 2 is 1.46 bits per heavy atom. The van der Waals surface area contributed by atoms with Crippen molar-refractivity contribution in [1.29, 1.82) is 0 Å². The number of carbonyl (C=O) groups is 3. The van der Waals surface area contributed by atoms with Crippen LogP contribution >= 0.6 is 0 Å². The highest BCUT2D eigenvalue weighted by molar-refractivity contribution is 6.02. The van der Waals surface area contributed by atoms with E-state index in [-0.39, 0.29) is 24.3 Å². The quantitative estimate of drug-likeness (QED) is 0.866. The molecule has 26 heavy (non-hydrogen) atoms. The molecule has 0 unspecified atom stereocenters. The van der Waals surface area contributed by atoms with Gasteiger partial charge in [0.15, 0.2) is 0 Å². The van der Waals surface area contributed by atoms with Crippen molar-refractivity contribution in [1.82, 2.24) is 0 Å². The zero-order valence-electron chi connectivity index (χ0n) is 15.4. The summed E-state index contributed by atoms with van der Waals surface area (Å²) in [4.78, 5) is 37.0. The molecule has 3 amide bonds. The maximum Gasteiger partial charge on any atom is 0.244 e. The van der Waals surface area contributed by atoms with Crippen LogP contribution in [-0.2, 0) is 14.4 Å². The van der Waals surface area contributed by atoms with E-state index in [1.54, 1.807) is 24.3 Å². The zero-order valence-corrected chi connectivity index (χ0v) is 15.4. The molecule has 0 aliphatic rings. The first kappa shape index (κ1) is 19.2. The van der Waals surface area contributed by atoms with Crippen molar-refractivity contribution in [3.8, 4) is 0 Å². The van der Waals surface area contributed by atoms with Crippen LogP contribution in [0.1, 0.15) is 25.0 Å². The molecule has 0 radical (unpaired) electrons. The minimum atomic E-state index is -0.320. The van der Waals surface area contributed by atoms with Gasteiger partial charge in [-0.1, -0.05) is 12.1 Å². The Morgan fingerprint density at radius 3 is 2.00 bits per heavy atom. The Bertz CT molecular complexity index is 826. The van der Waals surface area contributed by atoms with Crippen LogP contribution in [0, 0.1) is 13.8 Å². The molecule has 2 aromatic carbocycles. The molecule has 0 aliphatic carbocycles. The van der Waals surface area contributed by atoms with Gasteiger partial charge in [0.1, 0.15) is 6.54 Å². The van der Waals surface area contributed by atoms with Crippen molar-refractivity contribution in [2.24, 2.45) is 0 Å². The monoisotopic (exact) mass is 353 g/mol. The average molecular weight is 353 g/mol. The van der Waals surface area contributed by atoms with Gasteiger partial charge in [0.25, 0.3) is 0 Å². The summed E-state index contributed by atoms with van der Waals surface area (Å²) in [5, 5.41) is 5.42. The summed E-state index contributed by atoms with van der Waals surface area (Å²) >= 11 is 0. The lowest BCUT2D eigenvalue weighted by molar-refractivity contribution is -0.120. The number of anilines is 3. The normalized spacial score (nSPS) is 10.2. The molecule has 2 rings (SSSR count). The summed E-state index contributed by atoms with van der Waals surface area (Å²) in [6, 6.07) is 12.6. The third-order valence-corrected chi connectivity index (χ3v) is 3.67. The van der Waals surface area contributed by atoms with E-state index in [9.17, 15) is 14.4 Å². The molecule has 136 valence electrons. The minimum absolute atomic E-state index is 0.0947. The molecule has 0 saturated carbocycles. The van der Waals surface area contributed by atoms with E-state index in [0.29, 0.717) is 17.1 Å². The standard InChI is InChI=1S/C20H23N3O3/c1-13-8-14(2)10-19(9-13)23(16(4)25)12-20(26)22-18-7-5-6-17(11-18)21-15(3)24/h5-11H,12H2,1-4H3,(H,21,24)(H,22,26). The van der Waals surface area contributed by atoms with Crippen molar-refractivity contribution in [2.75, 3.05) is 22.1 Å². The van der Waals surface area contributed by atoms with Crippen LogP contribution in [0.2, 0.25) is 0 Å². The molecule has 0 spiro atoms. The maximum atomic E-state index is 12.4. The number of rotatable bonds is 5. The van der Waals surface area contributed by atoms with Crippen LogP contribution in [0.25, 0.3) is 0 Å². The lowest BCUT2D eigenvalue weighted by Gasteiger charge is -2.22. The van der Waals surface area contributed by atoms with Gasteiger partial charge in [-0.05, 0) is 55.3 Å². The summed E-state index contributed by atoms with van der Waals surface area (Å²) in [6.45, 7) is 6.65. The SMILES string of the molecule is CC(=O)Nc1cccc(NC(=O)CN(C(C)=O)c2cc(C)cc(C)c2)c1. The summed E-state index contributed by atoms with van der Waals surface area (Å²) in [5.41, 5.74) is 3.87. The summed E-state index contributed by atoms with van der Waals surface area (Å²) in [7, 11) is 0. The number of carbonyl (C=O) groups excluding carboxylic acids is 3. The Labute approximate surface area is 153 Å². The summed E-state index contributed by atoms with van der Waals surface area (Å²) < 4.78 is 0. The molecule has 0 fully saturated rings. The van der Waals surface area contributed by atoms with Gasteiger partial charge < -0.3 is 15.5 Å². The van der Waals surface area contributed by atoms with Gasteiger partial charge in [-0.2, -0.15) is 0 Å². The Balaban J connectivity index is 2.13. The third-order valence-electron chi connectivity index (χ3n) is 3.67. The Hall–Kier alpha value is -3.15. The molecular formula is C20H23N3O3. The number of amides is 3. The van der Waals surface area contributed by atoms with Crippen LogP contribution in [0.15, 0.2) is 42.5 Å². The molecule has 2 aromatic rings. The van der Waals surface area contributed by atoms with Gasteiger partial charge in [-0.3, -0.25) is 14.4 Å². The van der Waals surface area contributed by atoms with E-state index in [1.165, 1.54) is 18.7 Å². The molecule has 0 heterocycles. The maximum absolute atomic E-state index is 12.4. The topological polar surface area (TPSA) is 78.5 Å². The molecule has 2 N–H and O–H groups in total. The van der Waals surface area contributed by atoms with Crippen molar-refractivity contribution < 1.29 is 14.4 Å². The average Bonchev–Trinajstić information content (AvgIpc) is 2.51. The molecule has 0 aromatic heterocycles. The number of hydrogen-bond acceptors (Lipinski definition) is 3. The highest BCUT2D eigenvalue weighted by Crippen LogP contribution is 2.20. The van der Waals surface area contributed by atoms with Crippen molar-refractivity contribution in [3.63, 3.8) is 0 Å². The van der Waals surface area contributed by atoms with Crippen molar-refractivity contribution in [3.05, 3.63) is 53.6 Å². The van der Waals surface area contributed by atoms with Gasteiger partial charge >= 0.3 is 0 Å². The third kappa shape index (κ3) is 5.44.